The van der Waals surface area contributed by atoms with Gasteiger partial charge in [-0.3, -0.25) is 9.48 Å². The molecule has 1 aromatic carbocycles. The van der Waals surface area contributed by atoms with E-state index in [9.17, 15) is 4.79 Å². The minimum absolute atomic E-state index is 0.0189. The molecule has 174 valence electrons. The summed E-state index contributed by atoms with van der Waals surface area (Å²) in [6, 6.07) is 13.9. The molecule has 0 saturated heterocycles. The molecule has 2 saturated carbocycles. The Morgan fingerprint density at radius 1 is 1.09 bits per heavy atom. The number of nitrogens with one attached hydrogen (secondary N) is 1. The molecule has 5 aromatic rings. The lowest BCUT2D eigenvalue weighted by Gasteiger charge is -2.05. The first-order valence-electron chi connectivity index (χ1n) is 12.0. The summed E-state index contributed by atoms with van der Waals surface area (Å²) in [4.78, 5) is 22.1. The number of amides is 1. The van der Waals surface area contributed by atoms with Gasteiger partial charge >= 0.3 is 0 Å². The van der Waals surface area contributed by atoms with E-state index in [1.807, 2.05) is 41.2 Å². The third kappa shape index (κ3) is 3.96. The van der Waals surface area contributed by atoms with Gasteiger partial charge < -0.3 is 9.72 Å². The van der Waals surface area contributed by atoms with Gasteiger partial charge in [-0.05, 0) is 66.5 Å². The van der Waals surface area contributed by atoms with Gasteiger partial charge in [0.2, 0.25) is 5.91 Å². The summed E-state index contributed by atoms with van der Waals surface area (Å²) in [5, 5.41) is 9.24. The second-order valence-electron chi connectivity index (χ2n) is 9.65. The standard InChI is InChI=1S/C27H23ClN6O/c28-19-3-1-2-17(10-19)21-11-22(21)27(35)31-26-23-15-34(32-24(23)8-9-29-26)14-20-13-33-12-18(16-4-5-16)6-7-25(33)30-20/h1-3,6-10,12-13,15-16,21-22H,4-5,11,14H2,(H,29,31,35)/t21-,22+/m1/s1. The molecule has 2 aliphatic carbocycles. The molecule has 0 spiro atoms. The highest BCUT2D eigenvalue weighted by molar-refractivity contribution is 6.30. The van der Waals surface area contributed by atoms with Crippen LogP contribution in [0.4, 0.5) is 5.82 Å². The molecule has 0 radical (unpaired) electrons. The molecular formula is C27H23ClN6O. The number of carbonyl (C=O) groups excluding carboxylic acids is 1. The zero-order valence-corrected chi connectivity index (χ0v) is 19.7. The van der Waals surface area contributed by atoms with Gasteiger partial charge in [0, 0.05) is 35.7 Å². The van der Waals surface area contributed by atoms with Crippen molar-refractivity contribution < 1.29 is 4.79 Å². The fraction of sp³-hybridized carbons (Fsp3) is 0.259. The molecule has 4 aromatic heterocycles. The lowest BCUT2D eigenvalue weighted by Crippen LogP contribution is -2.15. The van der Waals surface area contributed by atoms with Crippen molar-refractivity contribution >= 4 is 39.9 Å². The molecule has 0 bridgehead atoms. The van der Waals surface area contributed by atoms with Crippen LogP contribution in [0.3, 0.4) is 0 Å². The number of halogens is 1. The van der Waals surface area contributed by atoms with Crippen molar-refractivity contribution in [3.8, 4) is 0 Å². The van der Waals surface area contributed by atoms with E-state index in [2.05, 4.69) is 39.2 Å². The maximum Gasteiger partial charge on any atom is 0.229 e. The van der Waals surface area contributed by atoms with Crippen molar-refractivity contribution in [1.29, 1.82) is 0 Å². The monoisotopic (exact) mass is 482 g/mol. The Hall–Kier alpha value is -3.71. The Labute approximate surface area is 206 Å². The Balaban J connectivity index is 1.09. The molecule has 2 aliphatic rings. The quantitative estimate of drug-likeness (QED) is 0.351. The van der Waals surface area contributed by atoms with Crippen molar-refractivity contribution in [3.63, 3.8) is 0 Å². The van der Waals surface area contributed by atoms with Gasteiger partial charge in [0.05, 0.1) is 23.1 Å². The summed E-state index contributed by atoms with van der Waals surface area (Å²) in [6.07, 6.45) is 11.2. The molecule has 0 unspecified atom stereocenters. The molecular weight excluding hydrogens is 460 g/mol. The summed E-state index contributed by atoms with van der Waals surface area (Å²) in [6.45, 7) is 0.544. The summed E-state index contributed by atoms with van der Waals surface area (Å²) in [5.41, 5.74) is 5.15. The minimum Gasteiger partial charge on any atom is -0.310 e. The first-order chi connectivity index (χ1) is 17.1. The molecule has 1 amide bonds. The van der Waals surface area contributed by atoms with Crippen LogP contribution in [0.15, 0.2) is 67.3 Å². The average molecular weight is 483 g/mol. The second-order valence-corrected chi connectivity index (χ2v) is 10.1. The van der Waals surface area contributed by atoms with E-state index >= 15 is 0 Å². The lowest BCUT2D eigenvalue weighted by molar-refractivity contribution is -0.117. The normalized spacial score (nSPS) is 19.3. The Kier molecular flexibility index (Phi) is 4.67. The smallest absolute Gasteiger partial charge is 0.229 e. The number of hydrogen-bond donors (Lipinski definition) is 1. The van der Waals surface area contributed by atoms with Gasteiger partial charge in [0.15, 0.2) is 0 Å². The van der Waals surface area contributed by atoms with Gasteiger partial charge in [0.1, 0.15) is 11.5 Å². The first kappa shape index (κ1) is 20.6. The van der Waals surface area contributed by atoms with Gasteiger partial charge in [-0.15, -0.1) is 0 Å². The van der Waals surface area contributed by atoms with Crippen LogP contribution >= 0.6 is 11.6 Å². The largest absolute Gasteiger partial charge is 0.310 e. The molecule has 2 fully saturated rings. The van der Waals surface area contributed by atoms with Gasteiger partial charge in [-0.25, -0.2) is 9.97 Å². The van der Waals surface area contributed by atoms with E-state index < -0.39 is 0 Å². The van der Waals surface area contributed by atoms with Crippen LogP contribution in [0, 0.1) is 5.92 Å². The number of pyridine rings is 2. The van der Waals surface area contributed by atoms with Crippen molar-refractivity contribution in [2.75, 3.05) is 5.32 Å². The van der Waals surface area contributed by atoms with E-state index in [4.69, 9.17) is 21.7 Å². The molecule has 0 aliphatic heterocycles. The van der Waals surface area contributed by atoms with Crippen molar-refractivity contribution in [3.05, 3.63) is 89.1 Å². The van der Waals surface area contributed by atoms with E-state index in [0.717, 1.165) is 34.2 Å². The predicted octanol–water partition coefficient (Wildman–Crippen LogP) is 5.40. The minimum atomic E-state index is -0.0703. The van der Waals surface area contributed by atoms with E-state index in [0.29, 0.717) is 23.3 Å². The second kappa shape index (κ2) is 7.92. The number of carbonyl (C=O) groups is 1. The molecule has 8 heteroatoms. The topological polar surface area (TPSA) is 77.1 Å². The number of benzene rings is 1. The lowest BCUT2D eigenvalue weighted by atomic mass is 10.1. The van der Waals surface area contributed by atoms with Crippen molar-refractivity contribution in [2.24, 2.45) is 5.92 Å². The summed E-state index contributed by atoms with van der Waals surface area (Å²) >= 11 is 6.12. The van der Waals surface area contributed by atoms with E-state index in [1.165, 1.54) is 18.4 Å². The van der Waals surface area contributed by atoms with E-state index in [-0.39, 0.29) is 17.7 Å². The third-order valence-corrected chi connectivity index (χ3v) is 7.26. The highest BCUT2D eigenvalue weighted by Crippen LogP contribution is 2.48. The number of nitrogens with zero attached hydrogens (tertiary/aromatic N) is 5. The Morgan fingerprint density at radius 2 is 2.00 bits per heavy atom. The highest BCUT2D eigenvalue weighted by Gasteiger charge is 2.44. The highest BCUT2D eigenvalue weighted by atomic mass is 35.5. The maximum absolute atomic E-state index is 12.9. The van der Waals surface area contributed by atoms with Crippen molar-refractivity contribution in [2.45, 2.75) is 37.6 Å². The van der Waals surface area contributed by atoms with Crippen LogP contribution in [0.5, 0.6) is 0 Å². The number of rotatable bonds is 6. The molecule has 7 nitrogen and oxygen atoms in total. The van der Waals surface area contributed by atoms with E-state index in [1.54, 1.807) is 6.20 Å². The average Bonchev–Trinajstić information content (AvgIpc) is 3.76. The molecule has 2 atom stereocenters. The van der Waals surface area contributed by atoms with Crippen LogP contribution < -0.4 is 5.32 Å². The molecule has 35 heavy (non-hydrogen) atoms. The zero-order chi connectivity index (χ0) is 23.5. The number of anilines is 1. The number of fused-ring (bicyclic) bond motifs is 2. The number of aromatic nitrogens is 5. The van der Waals surface area contributed by atoms with Gasteiger partial charge in [-0.2, -0.15) is 5.10 Å². The third-order valence-electron chi connectivity index (χ3n) is 7.02. The molecule has 1 N–H and O–H groups in total. The summed E-state index contributed by atoms with van der Waals surface area (Å²) < 4.78 is 3.96. The van der Waals surface area contributed by atoms with Crippen LogP contribution in [0.25, 0.3) is 16.6 Å². The molecule has 7 rings (SSSR count). The fourth-order valence-corrected chi connectivity index (χ4v) is 5.13. The number of imidazole rings is 1. The van der Waals surface area contributed by atoms with Crippen molar-refractivity contribution in [1.82, 2.24) is 24.1 Å². The van der Waals surface area contributed by atoms with Crippen LogP contribution in [-0.4, -0.2) is 30.1 Å². The summed E-state index contributed by atoms with van der Waals surface area (Å²) in [7, 11) is 0. The zero-order valence-electron chi connectivity index (χ0n) is 18.9. The SMILES string of the molecule is O=C(Nc1nccc2nn(Cc3cn4cc(C5CC5)ccc4n3)cc12)[C@H]1C[C@@H]1c1cccc(Cl)c1. The van der Waals surface area contributed by atoms with Crippen LogP contribution in [0.1, 0.15) is 47.9 Å². The molecule has 4 heterocycles. The maximum atomic E-state index is 12.9. The Bertz CT molecular complexity index is 1600. The van der Waals surface area contributed by atoms with Crippen LogP contribution in [0.2, 0.25) is 5.02 Å². The van der Waals surface area contributed by atoms with Gasteiger partial charge in [-0.1, -0.05) is 29.8 Å². The fourth-order valence-electron chi connectivity index (χ4n) is 4.94. The van der Waals surface area contributed by atoms with Crippen LogP contribution in [-0.2, 0) is 11.3 Å². The Morgan fingerprint density at radius 3 is 2.86 bits per heavy atom. The predicted molar refractivity (Wildman–Crippen MR) is 135 cm³/mol. The number of hydrogen-bond acceptors (Lipinski definition) is 4. The summed E-state index contributed by atoms with van der Waals surface area (Å²) in [5.74, 6) is 1.36. The first-order valence-corrected chi connectivity index (χ1v) is 12.3. The van der Waals surface area contributed by atoms with Gasteiger partial charge in [0.25, 0.3) is 0 Å².